The Hall–Kier alpha value is -4.64. The second kappa shape index (κ2) is 13.8. The molecule has 6 rings (SSSR count). The Morgan fingerprint density at radius 1 is 1.10 bits per heavy atom. The predicted molar refractivity (Wildman–Crippen MR) is 187 cm³/mol. The van der Waals surface area contributed by atoms with Crippen molar-refractivity contribution >= 4 is 28.1 Å². The van der Waals surface area contributed by atoms with Crippen molar-refractivity contribution in [3.05, 3.63) is 71.4 Å². The summed E-state index contributed by atoms with van der Waals surface area (Å²) < 4.78 is 6.64. The highest BCUT2D eigenvalue weighted by Gasteiger charge is 2.36. The molecule has 3 aromatic rings. The number of pyridine rings is 1. The highest BCUT2D eigenvalue weighted by Crippen LogP contribution is 2.40. The number of hydrogen-bond acceptors (Lipinski definition) is 9. The minimum atomic E-state index is -0.769. The van der Waals surface area contributed by atoms with Crippen LogP contribution in [0.2, 0.25) is 0 Å². The third-order valence-electron chi connectivity index (χ3n) is 9.84. The average molecular weight is 648 g/mol. The maximum atomic E-state index is 12.7. The number of carbonyl (C=O) groups is 1. The molecule has 1 aromatic heterocycles. The summed E-state index contributed by atoms with van der Waals surface area (Å²) in [6.45, 7) is 14.3. The molecule has 1 unspecified atom stereocenters. The lowest BCUT2D eigenvalue weighted by Gasteiger charge is -2.43. The number of anilines is 2. The highest BCUT2D eigenvalue weighted by atomic mass is 16.5. The predicted octanol–water partition coefficient (Wildman–Crippen LogP) is 4.71. The first kappa shape index (κ1) is 33.3. The third-order valence-corrected chi connectivity index (χ3v) is 9.84. The van der Waals surface area contributed by atoms with E-state index in [4.69, 9.17) is 9.72 Å². The van der Waals surface area contributed by atoms with E-state index < -0.39 is 5.60 Å². The number of fused-ring (bicyclic) bond motifs is 2. The van der Waals surface area contributed by atoms with Crippen molar-refractivity contribution < 1.29 is 14.6 Å². The molecule has 1 N–H and O–H groups in total. The van der Waals surface area contributed by atoms with Crippen LogP contribution in [0.3, 0.4) is 0 Å². The van der Waals surface area contributed by atoms with Gasteiger partial charge in [0.25, 0.3) is 0 Å². The largest absolute Gasteiger partial charge is 0.473 e. The quantitative estimate of drug-likeness (QED) is 0.347. The normalized spacial score (nSPS) is 19.0. The van der Waals surface area contributed by atoms with Gasteiger partial charge in [-0.25, -0.2) is 4.98 Å². The van der Waals surface area contributed by atoms with E-state index in [0.717, 1.165) is 55.1 Å². The van der Waals surface area contributed by atoms with Crippen LogP contribution in [0.15, 0.2) is 49.1 Å². The van der Waals surface area contributed by atoms with E-state index in [1.54, 1.807) is 4.90 Å². The molecule has 0 saturated carbocycles. The molecule has 2 aromatic carbocycles. The van der Waals surface area contributed by atoms with E-state index in [1.807, 2.05) is 13.8 Å². The van der Waals surface area contributed by atoms with Crippen molar-refractivity contribution in [3.8, 4) is 18.0 Å². The first-order valence-corrected chi connectivity index (χ1v) is 17.0. The Bertz CT molecular complexity index is 1770. The third kappa shape index (κ3) is 6.82. The van der Waals surface area contributed by atoms with Gasteiger partial charge < -0.3 is 29.4 Å². The molecule has 2 fully saturated rings. The van der Waals surface area contributed by atoms with Crippen LogP contribution in [0.1, 0.15) is 55.5 Å². The van der Waals surface area contributed by atoms with Crippen molar-refractivity contribution in [3.63, 3.8) is 0 Å². The second-order valence-electron chi connectivity index (χ2n) is 13.9. The van der Waals surface area contributed by atoms with E-state index in [-0.39, 0.29) is 24.5 Å². The Kier molecular flexibility index (Phi) is 9.59. The monoisotopic (exact) mass is 647 g/mol. The molecule has 0 radical (unpaired) electrons. The molecule has 1 atom stereocenters. The van der Waals surface area contributed by atoms with Gasteiger partial charge in [0.1, 0.15) is 17.7 Å². The zero-order valence-electron chi connectivity index (χ0n) is 28.3. The van der Waals surface area contributed by atoms with Crippen LogP contribution in [-0.4, -0.2) is 89.4 Å². The van der Waals surface area contributed by atoms with Crippen LogP contribution in [0.4, 0.5) is 11.4 Å². The van der Waals surface area contributed by atoms with Gasteiger partial charge >= 0.3 is 0 Å². The first-order valence-electron chi connectivity index (χ1n) is 17.0. The topological polar surface area (TPSA) is 120 Å². The van der Waals surface area contributed by atoms with Gasteiger partial charge in [-0.15, -0.1) is 0 Å². The average Bonchev–Trinajstić information content (AvgIpc) is 3.07. The molecule has 250 valence electrons. The molecule has 1 amide bonds. The van der Waals surface area contributed by atoms with Gasteiger partial charge in [-0.2, -0.15) is 10.5 Å². The zero-order chi connectivity index (χ0) is 34.0. The number of aliphatic hydroxyl groups is 1. The molecule has 10 nitrogen and oxygen atoms in total. The Labute approximate surface area is 283 Å². The summed E-state index contributed by atoms with van der Waals surface area (Å²) >= 11 is 0. The maximum Gasteiger partial charge on any atom is 0.246 e. The number of hydrogen-bond donors (Lipinski definition) is 1. The summed E-state index contributed by atoms with van der Waals surface area (Å²) in [6, 6.07) is 17.2. The van der Waals surface area contributed by atoms with Crippen molar-refractivity contribution in [2.75, 3.05) is 55.6 Å². The molecular formula is C38H45N7O3. The summed E-state index contributed by atoms with van der Waals surface area (Å²) in [5, 5.41) is 33.1. The lowest BCUT2D eigenvalue weighted by molar-refractivity contribution is -0.128. The molecule has 0 bridgehead atoms. The van der Waals surface area contributed by atoms with E-state index >= 15 is 0 Å². The number of carbonyl (C=O) groups excluding carboxylic acids is 1. The number of nitrogens with zero attached hydrogens (tertiary/aromatic N) is 7. The molecule has 0 spiro atoms. The molecule has 48 heavy (non-hydrogen) atoms. The van der Waals surface area contributed by atoms with Crippen LogP contribution in [0.5, 0.6) is 5.88 Å². The van der Waals surface area contributed by atoms with Crippen LogP contribution in [-0.2, 0) is 17.8 Å². The number of aromatic nitrogens is 1. The Morgan fingerprint density at radius 3 is 2.54 bits per heavy atom. The number of β-amino-alcohol motifs (C(OH)–C–C–N with tert-alkyl or cyclic N) is 1. The fourth-order valence-electron chi connectivity index (χ4n) is 7.68. The number of likely N-dealkylation sites (tertiary alicyclic amines) is 1. The molecule has 10 heteroatoms. The molecule has 0 aliphatic carbocycles. The van der Waals surface area contributed by atoms with Gasteiger partial charge in [0.05, 0.1) is 42.1 Å². The van der Waals surface area contributed by atoms with Crippen molar-refractivity contribution in [2.24, 2.45) is 0 Å². The van der Waals surface area contributed by atoms with Crippen molar-refractivity contribution in [2.45, 2.75) is 70.7 Å². The van der Waals surface area contributed by atoms with Gasteiger partial charge in [-0.3, -0.25) is 4.79 Å². The Balaban J connectivity index is 1.37. The molecule has 2 saturated heterocycles. The highest BCUT2D eigenvalue weighted by molar-refractivity contribution is 5.97. The van der Waals surface area contributed by atoms with E-state index in [0.29, 0.717) is 50.6 Å². The number of piperazine rings is 1. The maximum absolute atomic E-state index is 12.7. The fraction of sp³-hybridized carbons (Fsp3) is 0.474. The fourth-order valence-corrected chi connectivity index (χ4v) is 7.68. The summed E-state index contributed by atoms with van der Waals surface area (Å²) in [5.74, 6) is 0.165. The standard InChI is InChI=1S/C38H45N7O3/c1-5-34(46)45-21-20-44(23-28(45)12-16-39)36-30-15-19-43(33-11-7-10-27-9-6-8-26(2)35(27)33)24-32(30)41-37(31(36)22-40)48-29-13-17-42(18-14-29)25-38(3,4)47/h5-11,28-29,47H,1,12-15,17-21,23-25H2,2-4H3. The summed E-state index contributed by atoms with van der Waals surface area (Å²) in [7, 11) is 0. The van der Waals surface area contributed by atoms with Crippen LogP contribution in [0.25, 0.3) is 10.8 Å². The lowest BCUT2D eigenvalue weighted by Crippen LogP contribution is -2.55. The minimum Gasteiger partial charge on any atom is -0.473 e. The molecular weight excluding hydrogens is 602 g/mol. The summed E-state index contributed by atoms with van der Waals surface area (Å²) in [4.78, 5) is 26.3. The number of piperidine rings is 1. The zero-order valence-corrected chi connectivity index (χ0v) is 28.3. The van der Waals surface area contributed by atoms with E-state index in [1.165, 1.54) is 22.4 Å². The first-order chi connectivity index (χ1) is 23.1. The van der Waals surface area contributed by atoms with Gasteiger partial charge in [-0.05, 0) is 63.1 Å². The van der Waals surface area contributed by atoms with Gasteiger partial charge in [0.2, 0.25) is 11.8 Å². The molecule has 4 heterocycles. The SMILES string of the molecule is C=CC(=O)N1CCN(c2c(C#N)c(OC3CCN(CC(C)(C)O)CC3)nc3c2CCN(c2cccc4cccc(C)c24)C3)CC1CC#N. The minimum absolute atomic E-state index is 0.109. The van der Waals surface area contributed by atoms with Crippen molar-refractivity contribution in [1.82, 2.24) is 14.8 Å². The summed E-state index contributed by atoms with van der Waals surface area (Å²) in [5.41, 5.74) is 4.77. The number of rotatable bonds is 8. The number of aryl methyl sites for hydroxylation is 1. The van der Waals surface area contributed by atoms with Crippen LogP contribution in [0, 0.1) is 29.6 Å². The molecule has 3 aliphatic heterocycles. The lowest BCUT2D eigenvalue weighted by atomic mass is 9.95. The van der Waals surface area contributed by atoms with E-state index in [2.05, 4.69) is 76.7 Å². The summed E-state index contributed by atoms with van der Waals surface area (Å²) in [6.07, 6.45) is 3.61. The van der Waals surface area contributed by atoms with Gasteiger partial charge in [-0.1, -0.05) is 36.9 Å². The van der Waals surface area contributed by atoms with Crippen LogP contribution >= 0.6 is 0 Å². The van der Waals surface area contributed by atoms with Crippen molar-refractivity contribution in [1.29, 1.82) is 10.5 Å². The van der Waals surface area contributed by atoms with Crippen LogP contribution < -0.4 is 14.5 Å². The van der Waals surface area contributed by atoms with E-state index in [9.17, 15) is 20.4 Å². The second-order valence-corrected chi connectivity index (χ2v) is 13.9. The molecule has 3 aliphatic rings. The smallest absolute Gasteiger partial charge is 0.246 e. The van der Waals surface area contributed by atoms with Gasteiger partial charge in [0.15, 0.2) is 0 Å². The number of benzene rings is 2. The number of nitriles is 2. The number of amides is 1. The van der Waals surface area contributed by atoms with Gasteiger partial charge in [0, 0.05) is 62.5 Å². The number of ether oxygens (including phenoxy) is 1. The Morgan fingerprint density at radius 2 is 1.85 bits per heavy atom.